The molecule has 0 saturated carbocycles. The Bertz CT molecular complexity index is 781. The van der Waals surface area contributed by atoms with Gasteiger partial charge in [-0.3, -0.25) is 14.5 Å². The molecule has 7 heteroatoms. The summed E-state index contributed by atoms with van der Waals surface area (Å²) in [6.07, 6.45) is 3.58. The van der Waals surface area contributed by atoms with Crippen molar-refractivity contribution in [3.8, 4) is 0 Å². The SMILES string of the molecule is CN=C(NCc1ccccc1C)N1CCN(c2cnn(C)c2)C(=O)C1. The van der Waals surface area contributed by atoms with Gasteiger partial charge in [0.1, 0.15) is 6.54 Å². The van der Waals surface area contributed by atoms with Gasteiger partial charge in [0.15, 0.2) is 5.96 Å². The number of aromatic nitrogens is 2. The average Bonchev–Trinajstić information content (AvgIpc) is 3.03. The molecule has 3 rings (SSSR count). The Hall–Kier alpha value is -2.83. The number of nitrogens with one attached hydrogen (secondary N) is 1. The van der Waals surface area contributed by atoms with E-state index in [9.17, 15) is 4.79 Å². The Morgan fingerprint density at radius 1 is 1.32 bits per heavy atom. The predicted molar refractivity (Wildman–Crippen MR) is 98.5 cm³/mol. The average molecular weight is 340 g/mol. The molecule has 1 aliphatic rings. The molecule has 132 valence electrons. The van der Waals surface area contributed by atoms with Crippen molar-refractivity contribution in [3.05, 3.63) is 47.8 Å². The van der Waals surface area contributed by atoms with E-state index in [-0.39, 0.29) is 5.91 Å². The van der Waals surface area contributed by atoms with Gasteiger partial charge in [0.05, 0.1) is 11.9 Å². The third kappa shape index (κ3) is 3.81. The van der Waals surface area contributed by atoms with Crippen LogP contribution in [0.15, 0.2) is 41.7 Å². The number of aliphatic imine (C=N–C) groups is 1. The van der Waals surface area contributed by atoms with E-state index in [1.54, 1.807) is 22.8 Å². The number of benzene rings is 1. The number of carbonyl (C=O) groups is 1. The largest absolute Gasteiger partial charge is 0.352 e. The number of guanidine groups is 1. The Labute approximate surface area is 148 Å². The second kappa shape index (κ2) is 7.38. The Kier molecular flexibility index (Phi) is 5.02. The van der Waals surface area contributed by atoms with E-state index in [1.165, 1.54) is 11.1 Å². The van der Waals surface area contributed by atoms with Crippen LogP contribution < -0.4 is 10.2 Å². The van der Waals surface area contributed by atoms with Crippen LogP contribution in [0.25, 0.3) is 0 Å². The van der Waals surface area contributed by atoms with E-state index in [0.717, 1.165) is 18.2 Å². The van der Waals surface area contributed by atoms with Crippen LogP contribution >= 0.6 is 0 Å². The van der Waals surface area contributed by atoms with Crippen molar-refractivity contribution in [1.82, 2.24) is 20.0 Å². The Balaban J connectivity index is 1.62. The number of rotatable bonds is 3. The highest BCUT2D eigenvalue weighted by Gasteiger charge is 2.27. The van der Waals surface area contributed by atoms with Gasteiger partial charge >= 0.3 is 0 Å². The number of amides is 1. The molecule has 2 aromatic rings. The minimum Gasteiger partial charge on any atom is -0.352 e. The molecular formula is C18H24N6O. The smallest absolute Gasteiger partial charge is 0.246 e. The van der Waals surface area contributed by atoms with Gasteiger partial charge in [0.25, 0.3) is 0 Å². The summed E-state index contributed by atoms with van der Waals surface area (Å²) >= 11 is 0. The number of hydrogen-bond acceptors (Lipinski definition) is 3. The zero-order valence-corrected chi connectivity index (χ0v) is 14.9. The molecule has 1 amide bonds. The minimum atomic E-state index is 0.0538. The van der Waals surface area contributed by atoms with Crippen LogP contribution in [-0.2, 0) is 18.4 Å². The zero-order chi connectivity index (χ0) is 17.8. The molecular weight excluding hydrogens is 316 g/mol. The molecule has 1 N–H and O–H groups in total. The first-order valence-electron chi connectivity index (χ1n) is 8.37. The first kappa shape index (κ1) is 17.0. The van der Waals surface area contributed by atoms with Crippen LogP contribution in [0.4, 0.5) is 5.69 Å². The van der Waals surface area contributed by atoms with Crippen LogP contribution in [0.3, 0.4) is 0 Å². The van der Waals surface area contributed by atoms with Crippen molar-refractivity contribution >= 4 is 17.6 Å². The lowest BCUT2D eigenvalue weighted by Crippen LogP contribution is -2.55. The summed E-state index contributed by atoms with van der Waals surface area (Å²) in [5, 5.41) is 7.51. The van der Waals surface area contributed by atoms with Crippen LogP contribution in [0.2, 0.25) is 0 Å². The highest BCUT2D eigenvalue weighted by molar-refractivity contribution is 5.98. The van der Waals surface area contributed by atoms with E-state index in [4.69, 9.17) is 0 Å². The number of hydrogen-bond donors (Lipinski definition) is 1. The van der Waals surface area contributed by atoms with Gasteiger partial charge in [-0.15, -0.1) is 0 Å². The Morgan fingerprint density at radius 3 is 2.76 bits per heavy atom. The minimum absolute atomic E-state index is 0.0538. The summed E-state index contributed by atoms with van der Waals surface area (Å²) in [7, 11) is 3.60. The van der Waals surface area contributed by atoms with E-state index in [1.807, 2.05) is 30.3 Å². The highest BCUT2D eigenvalue weighted by atomic mass is 16.2. The molecule has 1 aromatic carbocycles. The standard InChI is InChI=1S/C18H24N6O/c1-14-6-4-5-7-15(14)10-20-18(19-2)23-8-9-24(17(25)13-23)16-11-21-22(3)12-16/h4-7,11-12H,8-10,13H2,1-3H3,(H,19,20). The zero-order valence-electron chi connectivity index (χ0n) is 14.9. The third-order valence-corrected chi connectivity index (χ3v) is 4.43. The number of anilines is 1. The second-order valence-corrected chi connectivity index (χ2v) is 6.17. The maximum atomic E-state index is 12.5. The van der Waals surface area contributed by atoms with Crippen LogP contribution in [0, 0.1) is 6.92 Å². The lowest BCUT2D eigenvalue weighted by atomic mass is 10.1. The van der Waals surface area contributed by atoms with Gasteiger partial charge in [-0.1, -0.05) is 24.3 Å². The number of aryl methyl sites for hydroxylation is 2. The van der Waals surface area contributed by atoms with Crippen molar-refractivity contribution in [1.29, 1.82) is 0 Å². The second-order valence-electron chi connectivity index (χ2n) is 6.17. The molecule has 7 nitrogen and oxygen atoms in total. The monoisotopic (exact) mass is 340 g/mol. The molecule has 1 fully saturated rings. The fourth-order valence-electron chi connectivity index (χ4n) is 2.99. The molecule has 0 radical (unpaired) electrons. The van der Waals surface area contributed by atoms with E-state index < -0.39 is 0 Å². The topological polar surface area (TPSA) is 65.8 Å². The first-order valence-corrected chi connectivity index (χ1v) is 8.37. The van der Waals surface area contributed by atoms with Crippen LogP contribution in [0.1, 0.15) is 11.1 Å². The predicted octanol–water partition coefficient (Wildman–Crippen LogP) is 1.15. The fourth-order valence-corrected chi connectivity index (χ4v) is 2.99. The van der Waals surface area contributed by atoms with Crippen molar-refractivity contribution in [2.75, 3.05) is 31.6 Å². The fraction of sp³-hybridized carbons (Fsp3) is 0.389. The molecule has 0 unspecified atom stereocenters. The molecule has 0 bridgehead atoms. The molecule has 0 aliphatic carbocycles. The summed E-state index contributed by atoms with van der Waals surface area (Å²) in [5.74, 6) is 0.806. The van der Waals surface area contributed by atoms with Gasteiger partial charge < -0.3 is 15.1 Å². The molecule has 1 aromatic heterocycles. The molecule has 25 heavy (non-hydrogen) atoms. The normalized spacial score (nSPS) is 15.6. The van der Waals surface area contributed by atoms with E-state index in [0.29, 0.717) is 19.6 Å². The summed E-state index contributed by atoms with van der Waals surface area (Å²) in [6, 6.07) is 8.25. The number of piperazine rings is 1. The first-order chi connectivity index (χ1) is 12.1. The molecule has 1 saturated heterocycles. The van der Waals surface area contributed by atoms with E-state index >= 15 is 0 Å². The quantitative estimate of drug-likeness (QED) is 0.672. The number of carbonyl (C=O) groups excluding carboxylic acids is 1. The maximum absolute atomic E-state index is 12.5. The molecule has 1 aliphatic heterocycles. The summed E-state index contributed by atoms with van der Waals surface area (Å²) in [6.45, 7) is 4.44. The molecule has 0 spiro atoms. The summed E-state index contributed by atoms with van der Waals surface area (Å²) < 4.78 is 1.71. The molecule has 2 heterocycles. The summed E-state index contributed by atoms with van der Waals surface area (Å²) in [4.78, 5) is 20.6. The number of nitrogens with zero attached hydrogens (tertiary/aromatic N) is 5. The van der Waals surface area contributed by atoms with Crippen molar-refractivity contribution in [2.45, 2.75) is 13.5 Å². The van der Waals surface area contributed by atoms with Crippen molar-refractivity contribution in [3.63, 3.8) is 0 Å². The molecule has 0 atom stereocenters. The van der Waals surface area contributed by atoms with E-state index in [2.05, 4.69) is 34.5 Å². The lowest BCUT2D eigenvalue weighted by Gasteiger charge is -2.35. The summed E-state index contributed by atoms with van der Waals surface area (Å²) in [5.41, 5.74) is 3.31. The highest BCUT2D eigenvalue weighted by Crippen LogP contribution is 2.16. The van der Waals surface area contributed by atoms with Crippen LogP contribution in [-0.4, -0.2) is 53.2 Å². The van der Waals surface area contributed by atoms with Gasteiger partial charge in [0, 0.05) is 39.9 Å². The third-order valence-electron chi connectivity index (χ3n) is 4.43. The maximum Gasteiger partial charge on any atom is 0.246 e. The van der Waals surface area contributed by atoms with Gasteiger partial charge in [-0.2, -0.15) is 5.10 Å². The van der Waals surface area contributed by atoms with Crippen LogP contribution in [0.5, 0.6) is 0 Å². The van der Waals surface area contributed by atoms with Crippen molar-refractivity contribution in [2.24, 2.45) is 12.0 Å². The van der Waals surface area contributed by atoms with Crippen molar-refractivity contribution < 1.29 is 4.79 Å². The van der Waals surface area contributed by atoms with Gasteiger partial charge in [-0.05, 0) is 18.1 Å². The van der Waals surface area contributed by atoms with Gasteiger partial charge in [0.2, 0.25) is 5.91 Å². The van der Waals surface area contributed by atoms with Gasteiger partial charge in [-0.25, -0.2) is 0 Å². The Morgan fingerprint density at radius 2 is 2.12 bits per heavy atom. The lowest BCUT2D eigenvalue weighted by molar-refractivity contribution is -0.120.